The van der Waals surface area contributed by atoms with Gasteiger partial charge in [0, 0.05) is 5.71 Å². The molecule has 1 heterocycles. The van der Waals surface area contributed by atoms with Crippen molar-refractivity contribution >= 4 is 23.0 Å². The minimum absolute atomic E-state index is 0.0676. The SMILES string of the molecule is CC/C(=N/Nc1cn[nH]c(=O)c1Cl)C(C)C. The molecule has 0 fully saturated rings. The Morgan fingerprint density at radius 3 is 2.94 bits per heavy atom. The zero-order valence-corrected chi connectivity index (χ0v) is 10.3. The summed E-state index contributed by atoms with van der Waals surface area (Å²) in [4.78, 5) is 11.1. The van der Waals surface area contributed by atoms with E-state index in [1.807, 2.05) is 6.92 Å². The van der Waals surface area contributed by atoms with Crippen molar-refractivity contribution in [2.75, 3.05) is 5.43 Å². The monoisotopic (exact) mass is 242 g/mol. The van der Waals surface area contributed by atoms with Crippen LogP contribution >= 0.6 is 11.6 Å². The normalized spacial score (nSPS) is 11.9. The first-order valence-corrected chi connectivity index (χ1v) is 5.49. The molecule has 16 heavy (non-hydrogen) atoms. The van der Waals surface area contributed by atoms with Crippen LogP contribution in [-0.2, 0) is 0 Å². The average Bonchev–Trinajstić information content (AvgIpc) is 2.24. The van der Waals surface area contributed by atoms with Crippen LogP contribution in [0.1, 0.15) is 27.2 Å². The molecule has 6 heteroatoms. The van der Waals surface area contributed by atoms with Gasteiger partial charge in [0.05, 0.1) is 6.20 Å². The van der Waals surface area contributed by atoms with Crippen LogP contribution in [-0.4, -0.2) is 15.9 Å². The van der Waals surface area contributed by atoms with E-state index in [0.717, 1.165) is 12.1 Å². The molecule has 0 radical (unpaired) electrons. The molecule has 0 atom stereocenters. The van der Waals surface area contributed by atoms with Crippen LogP contribution in [0.4, 0.5) is 5.69 Å². The Kier molecular flexibility index (Phi) is 4.49. The van der Waals surface area contributed by atoms with Gasteiger partial charge in [0.1, 0.15) is 10.7 Å². The first kappa shape index (κ1) is 12.7. The molecule has 0 aromatic carbocycles. The summed E-state index contributed by atoms with van der Waals surface area (Å²) >= 11 is 5.78. The third-order valence-electron chi connectivity index (χ3n) is 2.14. The zero-order valence-electron chi connectivity index (χ0n) is 9.54. The number of aromatic amines is 1. The topological polar surface area (TPSA) is 70.1 Å². The predicted molar refractivity (Wildman–Crippen MR) is 66.1 cm³/mol. The third kappa shape index (κ3) is 3.06. The maximum atomic E-state index is 11.1. The number of anilines is 1. The zero-order chi connectivity index (χ0) is 12.1. The Labute approximate surface area is 98.9 Å². The van der Waals surface area contributed by atoms with Gasteiger partial charge in [0.2, 0.25) is 0 Å². The lowest BCUT2D eigenvalue weighted by Gasteiger charge is -2.08. The highest BCUT2D eigenvalue weighted by molar-refractivity contribution is 6.32. The van der Waals surface area contributed by atoms with Gasteiger partial charge in [0.25, 0.3) is 5.56 Å². The molecule has 0 spiro atoms. The molecule has 2 N–H and O–H groups in total. The van der Waals surface area contributed by atoms with Crippen LogP contribution in [0.15, 0.2) is 16.1 Å². The van der Waals surface area contributed by atoms with Crippen LogP contribution in [0.3, 0.4) is 0 Å². The fourth-order valence-electron chi connectivity index (χ4n) is 1.21. The standard InChI is InChI=1S/C10H15ClN4O/c1-4-7(6(2)3)13-14-8-5-12-15-10(16)9(8)11/h5-6H,4H2,1-3H3,(H2,14,15,16)/b13-7-. The molecule has 1 aromatic rings. The minimum atomic E-state index is -0.426. The van der Waals surface area contributed by atoms with Gasteiger partial charge >= 0.3 is 0 Å². The molecule has 0 amide bonds. The first-order chi connectivity index (χ1) is 7.56. The van der Waals surface area contributed by atoms with Crippen molar-refractivity contribution in [3.8, 4) is 0 Å². The second-order valence-electron chi connectivity index (χ2n) is 3.65. The number of halogens is 1. The second-order valence-corrected chi connectivity index (χ2v) is 4.03. The number of hydrogen-bond acceptors (Lipinski definition) is 4. The van der Waals surface area contributed by atoms with Crippen molar-refractivity contribution in [1.82, 2.24) is 10.2 Å². The molecule has 0 bridgehead atoms. The fraction of sp³-hybridized carbons (Fsp3) is 0.500. The fourth-order valence-corrected chi connectivity index (χ4v) is 1.34. The molecule has 88 valence electrons. The van der Waals surface area contributed by atoms with E-state index in [2.05, 4.69) is 34.6 Å². The molecule has 1 aromatic heterocycles. The lowest BCUT2D eigenvalue weighted by Crippen LogP contribution is -2.12. The number of hydrogen-bond donors (Lipinski definition) is 2. The third-order valence-corrected chi connectivity index (χ3v) is 2.52. The van der Waals surface area contributed by atoms with Crippen LogP contribution in [0, 0.1) is 5.92 Å². The first-order valence-electron chi connectivity index (χ1n) is 5.11. The van der Waals surface area contributed by atoms with Crippen molar-refractivity contribution in [1.29, 1.82) is 0 Å². The number of H-pyrrole nitrogens is 1. The Morgan fingerprint density at radius 1 is 1.69 bits per heavy atom. The molecular formula is C10H15ClN4O. The number of hydrazone groups is 1. The van der Waals surface area contributed by atoms with E-state index in [1.165, 1.54) is 6.20 Å². The average molecular weight is 243 g/mol. The van der Waals surface area contributed by atoms with E-state index >= 15 is 0 Å². The van der Waals surface area contributed by atoms with E-state index < -0.39 is 5.56 Å². The van der Waals surface area contributed by atoms with Crippen molar-refractivity contribution < 1.29 is 0 Å². The van der Waals surface area contributed by atoms with E-state index in [4.69, 9.17) is 11.6 Å². The molecule has 0 saturated heterocycles. The second kappa shape index (κ2) is 5.65. The summed E-state index contributed by atoms with van der Waals surface area (Å²) in [6, 6.07) is 0. The van der Waals surface area contributed by atoms with Gasteiger partial charge < -0.3 is 0 Å². The smallest absolute Gasteiger partial charge is 0.275 e. The summed E-state index contributed by atoms with van der Waals surface area (Å²) in [5, 5.41) is 10.1. The van der Waals surface area contributed by atoms with Crippen LogP contribution < -0.4 is 11.0 Å². The number of rotatable bonds is 4. The maximum absolute atomic E-state index is 11.1. The summed E-state index contributed by atoms with van der Waals surface area (Å²) < 4.78 is 0. The van der Waals surface area contributed by atoms with Crippen molar-refractivity contribution in [2.45, 2.75) is 27.2 Å². The minimum Gasteiger partial charge on any atom is -0.275 e. The van der Waals surface area contributed by atoms with Gasteiger partial charge in [-0.05, 0) is 12.3 Å². The van der Waals surface area contributed by atoms with E-state index in [-0.39, 0.29) is 5.02 Å². The van der Waals surface area contributed by atoms with Gasteiger partial charge in [0.15, 0.2) is 0 Å². The molecule has 0 saturated carbocycles. The lowest BCUT2D eigenvalue weighted by atomic mass is 10.1. The Morgan fingerprint density at radius 2 is 2.38 bits per heavy atom. The predicted octanol–water partition coefficient (Wildman–Crippen LogP) is 2.26. The molecule has 1 rings (SSSR count). The molecule has 5 nitrogen and oxygen atoms in total. The molecule has 0 aliphatic rings. The van der Waals surface area contributed by atoms with Crippen molar-refractivity contribution in [3.63, 3.8) is 0 Å². The quantitative estimate of drug-likeness (QED) is 0.629. The summed E-state index contributed by atoms with van der Waals surface area (Å²) in [6.45, 7) is 6.14. The largest absolute Gasteiger partial charge is 0.285 e. The number of aromatic nitrogens is 2. The summed E-state index contributed by atoms with van der Waals surface area (Å²) in [5.74, 6) is 0.353. The maximum Gasteiger partial charge on any atom is 0.285 e. The number of nitrogens with one attached hydrogen (secondary N) is 2. The molecule has 0 aliphatic heterocycles. The highest BCUT2D eigenvalue weighted by Crippen LogP contribution is 2.14. The Bertz CT molecular complexity index is 439. The van der Waals surface area contributed by atoms with Crippen molar-refractivity contribution in [3.05, 3.63) is 21.6 Å². The summed E-state index contributed by atoms with van der Waals surface area (Å²) in [6.07, 6.45) is 2.28. The van der Waals surface area contributed by atoms with Gasteiger partial charge in [-0.3, -0.25) is 10.2 Å². The highest BCUT2D eigenvalue weighted by Gasteiger charge is 2.05. The molecular weight excluding hydrogens is 228 g/mol. The Balaban J connectivity index is 2.89. The van der Waals surface area contributed by atoms with Gasteiger partial charge in [-0.1, -0.05) is 32.4 Å². The molecule has 0 aliphatic carbocycles. The molecule has 0 unspecified atom stereocenters. The van der Waals surface area contributed by atoms with E-state index in [1.54, 1.807) is 0 Å². The number of nitrogens with zero attached hydrogens (tertiary/aromatic N) is 2. The van der Waals surface area contributed by atoms with Gasteiger partial charge in [-0.25, -0.2) is 5.10 Å². The van der Waals surface area contributed by atoms with Gasteiger partial charge in [-0.2, -0.15) is 10.2 Å². The summed E-state index contributed by atoms with van der Waals surface area (Å²) in [5.41, 5.74) is 3.76. The van der Waals surface area contributed by atoms with Crippen LogP contribution in [0.5, 0.6) is 0 Å². The van der Waals surface area contributed by atoms with Gasteiger partial charge in [-0.15, -0.1) is 0 Å². The lowest BCUT2D eigenvalue weighted by molar-refractivity contribution is 0.852. The van der Waals surface area contributed by atoms with Crippen LogP contribution in [0.2, 0.25) is 5.02 Å². The van der Waals surface area contributed by atoms with E-state index in [0.29, 0.717) is 11.6 Å². The van der Waals surface area contributed by atoms with Crippen LogP contribution in [0.25, 0.3) is 0 Å². The summed E-state index contributed by atoms with van der Waals surface area (Å²) in [7, 11) is 0. The van der Waals surface area contributed by atoms with E-state index in [9.17, 15) is 4.79 Å². The highest BCUT2D eigenvalue weighted by atomic mass is 35.5. The Hall–Kier alpha value is -1.36. The van der Waals surface area contributed by atoms with Crippen molar-refractivity contribution in [2.24, 2.45) is 11.0 Å².